The highest BCUT2D eigenvalue weighted by Gasteiger charge is 2.15. The van der Waals surface area contributed by atoms with Gasteiger partial charge in [-0.15, -0.1) is 0 Å². The summed E-state index contributed by atoms with van der Waals surface area (Å²) >= 11 is 0. The molecule has 0 aliphatic carbocycles. The highest BCUT2D eigenvalue weighted by molar-refractivity contribution is 5.75. The number of nitro groups is 1. The molecule has 0 saturated carbocycles. The Bertz CT molecular complexity index is 469. The van der Waals surface area contributed by atoms with Crippen LogP contribution in [0.3, 0.4) is 0 Å². The largest absolute Gasteiger partial charge is 0.481 e. The number of nitrogens with zero attached hydrogens (tertiary/aromatic N) is 3. The fourth-order valence-corrected chi connectivity index (χ4v) is 1.19. The number of aliphatic hydroxyl groups is 1. The monoisotopic (exact) mass is 289 g/mol. The zero-order chi connectivity index (χ0) is 15.7. The van der Waals surface area contributed by atoms with Gasteiger partial charge in [-0.3, -0.25) is 9.59 Å². The number of aliphatic hydroxyl groups excluding tert-OH is 1. The first-order valence-corrected chi connectivity index (χ1v) is 5.50. The fourth-order valence-electron chi connectivity index (χ4n) is 1.19. The van der Waals surface area contributed by atoms with Crippen molar-refractivity contribution in [3.8, 4) is 0 Å². The number of aromatic nitrogens is 2. The number of imidazole rings is 1. The summed E-state index contributed by atoms with van der Waals surface area (Å²) in [6.07, 6.45) is 0.593. The Hall–Kier alpha value is -2.49. The van der Waals surface area contributed by atoms with Crippen LogP contribution in [-0.4, -0.2) is 48.3 Å². The fraction of sp³-hybridized carbons (Fsp3) is 0.500. The van der Waals surface area contributed by atoms with Gasteiger partial charge in [0.25, 0.3) is 0 Å². The maximum atomic E-state index is 10.4. The second-order valence-corrected chi connectivity index (χ2v) is 3.58. The van der Waals surface area contributed by atoms with Crippen LogP contribution in [-0.2, 0) is 16.1 Å². The van der Waals surface area contributed by atoms with Crippen LogP contribution in [0.5, 0.6) is 0 Å². The minimum Gasteiger partial charge on any atom is -0.481 e. The Morgan fingerprint density at radius 2 is 1.85 bits per heavy atom. The SMILES string of the molecule is Cc1ncc([N+](=O)[O-])n1CCO.O=C(O)CCC(=O)O. The number of aryl methyl sites for hydroxylation is 1. The van der Waals surface area contributed by atoms with E-state index in [1.165, 1.54) is 10.8 Å². The maximum Gasteiger partial charge on any atom is 0.342 e. The molecule has 0 saturated heterocycles. The number of carboxylic acids is 2. The molecule has 10 heteroatoms. The Labute approximate surface area is 113 Å². The molecule has 0 aliphatic rings. The van der Waals surface area contributed by atoms with Gasteiger partial charge in [-0.1, -0.05) is 0 Å². The average Bonchev–Trinajstić information content (AvgIpc) is 2.70. The van der Waals surface area contributed by atoms with Crippen molar-refractivity contribution in [3.63, 3.8) is 0 Å². The number of hydrogen-bond acceptors (Lipinski definition) is 6. The van der Waals surface area contributed by atoms with Crippen molar-refractivity contribution in [2.24, 2.45) is 0 Å². The average molecular weight is 289 g/mol. The van der Waals surface area contributed by atoms with E-state index >= 15 is 0 Å². The number of aliphatic carboxylic acids is 2. The van der Waals surface area contributed by atoms with Crippen LogP contribution in [0.15, 0.2) is 6.20 Å². The van der Waals surface area contributed by atoms with Gasteiger partial charge >= 0.3 is 17.8 Å². The first kappa shape index (κ1) is 17.5. The molecule has 0 bridgehead atoms. The molecule has 0 fully saturated rings. The van der Waals surface area contributed by atoms with Crippen molar-refractivity contribution < 1.29 is 29.8 Å². The number of rotatable bonds is 6. The molecule has 1 rings (SSSR count). The summed E-state index contributed by atoms with van der Waals surface area (Å²) in [6, 6.07) is 0. The van der Waals surface area contributed by atoms with Crippen LogP contribution < -0.4 is 0 Å². The molecule has 3 N–H and O–H groups in total. The standard InChI is InChI=1S/C6H9N3O3.C4H6O4/c1-5-7-4-6(9(11)12)8(5)2-3-10;5-3(6)1-2-4(7)8/h4,10H,2-3H2,1H3;1-2H2,(H,5,6)(H,7,8). The molecule has 0 aliphatic heterocycles. The van der Waals surface area contributed by atoms with Crippen molar-refractivity contribution in [2.45, 2.75) is 26.3 Å². The smallest absolute Gasteiger partial charge is 0.342 e. The van der Waals surface area contributed by atoms with E-state index in [0.717, 1.165) is 0 Å². The molecule has 0 spiro atoms. The summed E-state index contributed by atoms with van der Waals surface area (Å²) < 4.78 is 1.36. The molecule has 0 unspecified atom stereocenters. The Morgan fingerprint density at radius 1 is 1.35 bits per heavy atom. The molecule has 112 valence electrons. The third kappa shape index (κ3) is 6.44. The van der Waals surface area contributed by atoms with Gasteiger partial charge in [0.1, 0.15) is 12.7 Å². The molecule has 0 amide bonds. The normalized spacial score (nSPS) is 9.50. The Balaban J connectivity index is 0.000000396. The minimum absolute atomic E-state index is 0.0819. The van der Waals surface area contributed by atoms with Gasteiger partial charge in [-0.2, -0.15) is 0 Å². The van der Waals surface area contributed by atoms with Gasteiger partial charge in [0.05, 0.1) is 19.4 Å². The molecular weight excluding hydrogens is 274 g/mol. The van der Waals surface area contributed by atoms with E-state index in [0.29, 0.717) is 5.82 Å². The number of hydrogen-bond donors (Lipinski definition) is 3. The molecule has 1 heterocycles. The summed E-state index contributed by atoms with van der Waals surface area (Å²) in [5.41, 5.74) is 0. The molecule has 0 radical (unpaired) electrons. The lowest BCUT2D eigenvalue weighted by molar-refractivity contribution is -0.392. The zero-order valence-corrected chi connectivity index (χ0v) is 10.7. The van der Waals surface area contributed by atoms with Crippen LogP contribution in [0.25, 0.3) is 0 Å². The molecule has 1 aromatic rings. The quantitative estimate of drug-likeness (QED) is 0.489. The molecule has 1 aromatic heterocycles. The predicted molar refractivity (Wildman–Crippen MR) is 65.2 cm³/mol. The van der Waals surface area contributed by atoms with Crippen LogP contribution in [0, 0.1) is 17.0 Å². The lowest BCUT2D eigenvalue weighted by Crippen LogP contribution is -2.07. The van der Waals surface area contributed by atoms with E-state index in [1.807, 2.05) is 0 Å². The van der Waals surface area contributed by atoms with E-state index in [9.17, 15) is 19.7 Å². The summed E-state index contributed by atoms with van der Waals surface area (Å²) in [6.45, 7) is 1.74. The van der Waals surface area contributed by atoms with Crippen molar-refractivity contribution >= 4 is 17.8 Å². The van der Waals surface area contributed by atoms with Crippen LogP contribution in [0.2, 0.25) is 0 Å². The second kappa shape index (κ2) is 8.58. The topological polar surface area (TPSA) is 156 Å². The summed E-state index contributed by atoms with van der Waals surface area (Å²) in [4.78, 5) is 32.9. The van der Waals surface area contributed by atoms with Gasteiger partial charge in [-0.25, -0.2) is 9.55 Å². The minimum atomic E-state index is -1.08. The maximum absolute atomic E-state index is 10.4. The zero-order valence-electron chi connectivity index (χ0n) is 10.7. The van der Waals surface area contributed by atoms with Gasteiger partial charge in [0.2, 0.25) is 0 Å². The Kier molecular flexibility index (Phi) is 7.52. The summed E-state index contributed by atoms with van der Waals surface area (Å²) in [7, 11) is 0. The van der Waals surface area contributed by atoms with Crippen molar-refractivity contribution in [1.82, 2.24) is 9.55 Å². The van der Waals surface area contributed by atoms with E-state index in [4.69, 9.17) is 15.3 Å². The van der Waals surface area contributed by atoms with E-state index in [-0.39, 0.29) is 31.8 Å². The predicted octanol–water partition coefficient (Wildman–Crippen LogP) is 0.0278. The first-order valence-electron chi connectivity index (χ1n) is 5.50. The van der Waals surface area contributed by atoms with E-state index in [1.54, 1.807) is 6.92 Å². The van der Waals surface area contributed by atoms with Crippen molar-refractivity contribution in [3.05, 3.63) is 22.1 Å². The Morgan fingerprint density at radius 3 is 2.20 bits per heavy atom. The van der Waals surface area contributed by atoms with Crippen LogP contribution in [0.1, 0.15) is 18.7 Å². The lowest BCUT2D eigenvalue weighted by atomic mass is 10.3. The molecule has 0 aromatic carbocycles. The highest BCUT2D eigenvalue weighted by Crippen LogP contribution is 2.12. The first-order chi connectivity index (χ1) is 9.29. The molecule has 20 heavy (non-hydrogen) atoms. The van der Waals surface area contributed by atoms with Crippen LogP contribution in [0.4, 0.5) is 5.82 Å². The van der Waals surface area contributed by atoms with Crippen molar-refractivity contribution in [1.29, 1.82) is 0 Å². The van der Waals surface area contributed by atoms with E-state index in [2.05, 4.69) is 4.98 Å². The lowest BCUT2D eigenvalue weighted by Gasteiger charge is -1.98. The number of carbonyl (C=O) groups is 2. The van der Waals surface area contributed by atoms with Gasteiger partial charge < -0.3 is 25.4 Å². The second-order valence-electron chi connectivity index (χ2n) is 3.58. The van der Waals surface area contributed by atoms with Crippen LogP contribution >= 0.6 is 0 Å². The van der Waals surface area contributed by atoms with Gasteiger partial charge in [0.15, 0.2) is 5.82 Å². The molecular formula is C10H15N3O7. The third-order valence-corrected chi connectivity index (χ3v) is 2.10. The van der Waals surface area contributed by atoms with E-state index < -0.39 is 16.9 Å². The number of carboxylic acid groups (broad SMARTS) is 2. The molecule has 10 nitrogen and oxygen atoms in total. The van der Waals surface area contributed by atoms with Gasteiger partial charge in [0, 0.05) is 6.92 Å². The third-order valence-electron chi connectivity index (χ3n) is 2.10. The summed E-state index contributed by atoms with van der Waals surface area (Å²) in [5, 5.41) is 34.8. The highest BCUT2D eigenvalue weighted by atomic mass is 16.6. The van der Waals surface area contributed by atoms with Gasteiger partial charge in [-0.05, 0) is 4.92 Å². The molecule has 0 atom stereocenters. The van der Waals surface area contributed by atoms with Crippen molar-refractivity contribution in [2.75, 3.05) is 6.61 Å². The summed E-state index contributed by atoms with van der Waals surface area (Å²) in [5.74, 6) is -1.70.